The van der Waals surface area contributed by atoms with Crippen molar-refractivity contribution in [2.75, 3.05) is 13.1 Å². The molecule has 1 aliphatic carbocycles. The number of benzene rings is 1. The van der Waals surface area contributed by atoms with Crippen LogP contribution in [0.2, 0.25) is 5.02 Å². The zero-order valence-corrected chi connectivity index (χ0v) is 13.5. The number of hydrogen-bond acceptors (Lipinski definition) is 4. The summed E-state index contributed by atoms with van der Waals surface area (Å²) >= 11 is 5.93. The molecule has 0 radical (unpaired) electrons. The molecule has 118 valence electrons. The number of ether oxygens (including phenoxy) is 2. The van der Waals surface area contributed by atoms with Crippen molar-refractivity contribution in [3.8, 4) is 11.5 Å². The first kappa shape index (κ1) is 13.6. The van der Waals surface area contributed by atoms with Crippen LogP contribution in [0.1, 0.15) is 24.1 Å². The van der Waals surface area contributed by atoms with Crippen LogP contribution in [0.3, 0.4) is 0 Å². The van der Waals surface area contributed by atoms with Crippen molar-refractivity contribution >= 4 is 11.6 Å². The fourth-order valence-electron chi connectivity index (χ4n) is 4.04. The van der Waals surface area contributed by atoms with Crippen molar-refractivity contribution in [1.82, 2.24) is 10.3 Å². The maximum Gasteiger partial charge on any atom is 0.292 e. The zero-order valence-electron chi connectivity index (χ0n) is 12.8. The van der Waals surface area contributed by atoms with E-state index in [9.17, 15) is 0 Å². The fourth-order valence-corrected chi connectivity index (χ4v) is 4.15. The van der Waals surface area contributed by atoms with Crippen molar-refractivity contribution in [2.45, 2.75) is 18.6 Å². The van der Waals surface area contributed by atoms with E-state index in [2.05, 4.69) is 22.4 Å². The van der Waals surface area contributed by atoms with Gasteiger partial charge in [0.1, 0.15) is 5.69 Å². The molecule has 4 nitrogen and oxygen atoms in total. The number of fused-ring (bicyclic) bond motifs is 2. The third-order valence-corrected chi connectivity index (χ3v) is 5.48. The summed E-state index contributed by atoms with van der Waals surface area (Å²) in [6.45, 7) is 4.12. The van der Waals surface area contributed by atoms with E-state index < -0.39 is 5.79 Å². The van der Waals surface area contributed by atoms with E-state index in [-0.39, 0.29) is 0 Å². The van der Waals surface area contributed by atoms with Gasteiger partial charge in [0, 0.05) is 18.7 Å². The van der Waals surface area contributed by atoms with Crippen molar-refractivity contribution in [3.63, 3.8) is 0 Å². The van der Waals surface area contributed by atoms with Gasteiger partial charge in [-0.2, -0.15) is 0 Å². The molecule has 3 heterocycles. The molecule has 0 spiro atoms. The maximum absolute atomic E-state index is 6.27. The molecule has 0 bridgehead atoms. The Morgan fingerprint density at radius 2 is 2.00 bits per heavy atom. The van der Waals surface area contributed by atoms with Crippen molar-refractivity contribution < 1.29 is 9.47 Å². The minimum atomic E-state index is -0.898. The lowest BCUT2D eigenvalue weighted by Crippen LogP contribution is -2.32. The first-order valence-electron chi connectivity index (χ1n) is 7.99. The molecule has 1 saturated heterocycles. The van der Waals surface area contributed by atoms with E-state index in [1.807, 2.05) is 25.1 Å². The lowest BCUT2D eigenvalue weighted by atomic mass is 10.1. The quantitative estimate of drug-likeness (QED) is 0.918. The maximum atomic E-state index is 6.27. The third-order valence-electron chi connectivity index (χ3n) is 5.25. The molecule has 23 heavy (non-hydrogen) atoms. The smallest absolute Gasteiger partial charge is 0.292 e. The van der Waals surface area contributed by atoms with E-state index in [1.165, 1.54) is 5.56 Å². The summed E-state index contributed by atoms with van der Waals surface area (Å²) in [6.07, 6.45) is 1.62. The summed E-state index contributed by atoms with van der Waals surface area (Å²) in [5.74, 6) is 2.86. The number of para-hydroxylation sites is 1. The largest absolute Gasteiger partial charge is 0.443 e. The van der Waals surface area contributed by atoms with Crippen LogP contribution in [-0.4, -0.2) is 18.1 Å². The highest BCUT2D eigenvalue weighted by molar-refractivity contribution is 6.30. The van der Waals surface area contributed by atoms with Gasteiger partial charge in [-0.05, 0) is 49.0 Å². The number of rotatable bonds is 2. The van der Waals surface area contributed by atoms with Crippen LogP contribution >= 0.6 is 11.6 Å². The van der Waals surface area contributed by atoms with E-state index in [0.29, 0.717) is 10.9 Å². The summed E-state index contributed by atoms with van der Waals surface area (Å²) in [7, 11) is 0. The molecule has 2 aliphatic heterocycles. The zero-order chi connectivity index (χ0) is 15.6. The predicted octanol–water partition coefficient (Wildman–Crippen LogP) is 3.31. The van der Waals surface area contributed by atoms with Gasteiger partial charge < -0.3 is 14.8 Å². The second-order valence-electron chi connectivity index (χ2n) is 6.70. The number of nitrogens with zero attached hydrogens (tertiary/aromatic N) is 1. The number of nitrogens with one attached hydrogen (secondary N) is 1. The van der Waals surface area contributed by atoms with Gasteiger partial charge >= 0.3 is 0 Å². The first-order chi connectivity index (χ1) is 11.2. The van der Waals surface area contributed by atoms with Gasteiger partial charge in [-0.25, -0.2) is 0 Å². The monoisotopic (exact) mass is 328 g/mol. The summed E-state index contributed by atoms with van der Waals surface area (Å²) in [5, 5.41) is 4.05. The molecule has 3 atom stereocenters. The number of pyridine rings is 1. The molecule has 0 amide bonds. The topological polar surface area (TPSA) is 43.4 Å². The Morgan fingerprint density at radius 3 is 2.74 bits per heavy atom. The number of aromatic nitrogens is 1. The van der Waals surface area contributed by atoms with Crippen LogP contribution in [-0.2, 0) is 5.79 Å². The van der Waals surface area contributed by atoms with Crippen LogP contribution in [0.4, 0.5) is 0 Å². The minimum absolute atomic E-state index is 0.593. The van der Waals surface area contributed by atoms with E-state index in [1.54, 1.807) is 6.20 Å². The second-order valence-corrected chi connectivity index (χ2v) is 7.13. The molecule has 2 fully saturated rings. The summed E-state index contributed by atoms with van der Waals surface area (Å²) in [4.78, 5) is 4.37. The number of piperidine rings is 1. The Balaban J connectivity index is 1.50. The minimum Gasteiger partial charge on any atom is -0.443 e. The molecule has 1 saturated carbocycles. The number of halogens is 1. The molecule has 1 N–H and O–H groups in total. The van der Waals surface area contributed by atoms with Gasteiger partial charge in [0.15, 0.2) is 11.5 Å². The molecule has 5 heteroatoms. The normalized spacial score (nSPS) is 33.6. The lowest BCUT2D eigenvalue weighted by molar-refractivity contribution is -0.0721. The lowest BCUT2D eigenvalue weighted by Gasteiger charge is -2.22. The molecule has 3 aliphatic rings. The summed E-state index contributed by atoms with van der Waals surface area (Å²) in [5.41, 5.74) is 2.00. The SMILES string of the molecule is C[C@@]1(c2ccc(Cl)cn2)Oc2cccc(C3C4CNCC43)c2O1. The van der Waals surface area contributed by atoms with Crippen molar-refractivity contribution in [2.24, 2.45) is 11.8 Å². The number of hydrogen-bond donors (Lipinski definition) is 1. The van der Waals surface area contributed by atoms with Crippen LogP contribution in [0.25, 0.3) is 0 Å². The van der Waals surface area contributed by atoms with Crippen molar-refractivity contribution in [3.05, 3.63) is 52.8 Å². The fraction of sp³-hybridized carbons (Fsp3) is 0.389. The molecular weight excluding hydrogens is 312 g/mol. The highest BCUT2D eigenvalue weighted by atomic mass is 35.5. The van der Waals surface area contributed by atoms with Crippen LogP contribution in [0, 0.1) is 11.8 Å². The van der Waals surface area contributed by atoms with Crippen LogP contribution in [0.15, 0.2) is 36.5 Å². The molecule has 1 aromatic carbocycles. The molecule has 1 aromatic heterocycles. The third kappa shape index (κ3) is 1.98. The Kier molecular flexibility index (Phi) is 2.74. The second kappa shape index (κ2) is 4.62. The molecule has 2 unspecified atom stereocenters. The van der Waals surface area contributed by atoms with Gasteiger partial charge in [-0.3, -0.25) is 4.98 Å². The van der Waals surface area contributed by atoms with Gasteiger partial charge in [-0.15, -0.1) is 0 Å². The van der Waals surface area contributed by atoms with Crippen LogP contribution < -0.4 is 14.8 Å². The van der Waals surface area contributed by atoms with E-state index in [0.717, 1.165) is 42.1 Å². The van der Waals surface area contributed by atoms with E-state index >= 15 is 0 Å². The van der Waals surface area contributed by atoms with Crippen LogP contribution in [0.5, 0.6) is 11.5 Å². The average molecular weight is 329 g/mol. The van der Waals surface area contributed by atoms with Crippen molar-refractivity contribution in [1.29, 1.82) is 0 Å². The standard InChI is InChI=1S/C18H17ClN2O2/c1-18(15-6-5-10(19)7-21-15)22-14-4-2-3-11(17(14)23-18)16-12-8-20-9-13(12)16/h2-7,12-13,16,20H,8-9H2,1H3/t12?,13?,16?,18-/m1/s1. The molecule has 5 rings (SSSR count). The highest BCUT2D eigenvalue weighted by Gasteiger charge is 2.55. The van der Waals surface area contributed by atoms with Gasteiger partial charge in [-0.1, -0.05) is 23.7 Å². The summed E-state index contributed by atoms with van der Waals surface area (Å²) < 4.78 is 12.4. The Labute approximate surface area is 139 Å². The Hall–Kier alpha value is -1.78. The van der Waals surface area contributed by atoms with Gasteiger partial charge in [0.05, 0.1) is 5.02 Å². The first-order valence-corrected chi connectivity index (χ1v) is 8.37. The highest BCUT2D eigenvalue weighted by Crippen LogP contribution is 2.60. The Morgan fingerprint density at radius 1 is 1.17 bits per heavy atom. The van der Waals surface area contributed by atoms with Gasteiger partial charge in [0.25, 0.3) is 5.79 Å². The predicted molar refractivity (Wildman–Crippen MR) is 86.9 cm³/mol. The summed E-state index contributed by atoms with van der Waals surface area (Å²) in [6, 6.07) is 9.86. The Bertz CT molecular complexity index is 769. The average Bonchev–Trinajstić information content (AvgIpc) is 2.89. The van der Waals surface area contributed by atoms with E-state index in [4.69, 9.17) is 21.1 Å². The van der Waals surface area contributed by atoms with Gasteiger partial charge in [0.2, 0.25) is 0 Å². The molecule has 2 aromatic rings. The molecular formula is C18H17ClN2O2.